The average Bonchev–Trinajstić information content (AvgIpc) is 2.94. The SMILES string of the molecule is Cc1sc2nc(CS[C@H](C)C(=O)NC3(C#N)CCCCC3)[nH]c(=O)c2c1C. The number of hydrogen-bond donors (Lipinski definition) is 2. The Hall–Kier alpha value is -1.85. The molecule has 2 heterocycles. The summed E-state index contributed by atoms with van der Waals surface area (Å²) in [6.45, 7) is 5.74. The van der Waals surface area contributed by atoms with Crippen molar-refractivity contribution in [2.24, 2.45) is 0 Å². The van der Waals surface area contributed by atoms with E-state index in [4.69, 9.17) is 0 Å². The van der Waals surface area contributed by atoms with Crippen molar-refractivity contribution in [3.05, 3.63) is 26.6 Å². The molecule has 144 valence electrons. The zero-order chi connectivity index (χ0) is 19.6. The molecule has 1 saturated carbocycles. The summed E-state index contributed by atoms with van der Waals surface area (Å²) in [5.74, 6) is 0.885. The summed E-state index contributed by atoms with van der Waals surface area (Å²) in [5, 5.41) is 12.8. The third-order valence-electron chi connectivity index (χ3n) is 5.21. The Balaban J connectivity index is 1.66. The number of H-pyrrole nitrogens is 1. The predicted octanol–water partition coefficient (Wildman–Crippen LogP) is 3.57. The van der Waals surface area contributed by atoms with E-state index in [0.717, 1.165) is 47.4 Å². The van der Waals surface area contributed by atoms with Gasteiger partial charge in [-0.1, -0.05) is 19.3 Å². The molecule has 8 heteroatoms. The van der Waals surface area contributed by atoms with Crippen molar-refractivity contribution < 1.29 is 4.79 Å². The largest absolute Gasteiger partial charge is 0.337 e. The van der Waals surface area contributed by atoms with Gasteiger partial charge >= 0.3 is 0 Å². The summed E-state index contributed by atoms with van der Waals surface area (Å²) in [6.07, 6.45) is 4.50. The first kappa shape index (κ1) is 19.9. The summed E-state index contributed by atoms with van der Waals surface area (Å²) in [6, 6.07) is 2.31. The molecule has 0 aliphatic heterocycles. The van der Waals surface area contributed by atoms with Gasteiger partial charge in [0.1, 0.15) is 16.2 Å². The fraction of sp³-hybridized carbons (Fsp3) is 0.579. The van der Waals surface area contributed by atoms with E-state index in [0.29, 0.717) is 17.0 Å². The van der Waals surface area contributed by atoms with Gasteiger partial charge in [-0.25, -0.2) is 4.98 Å². The molecule has 0 aromatic carbocycles. The molecule has 2 aromatic heterocycles. The zero-order valence-corrected chi connectivity index (χ0v) is 17.5. The number of nitriles is 1. The van der Waals surface area contributed by atoms with Gasteiger partial charge < -0.3 is 10.3 Å². The number of thioether (sulfide) groups is 1. The van der Waals surface area contributed by atoms with Crippen LogP contribution >= 0.6 is 23.1 Å². The van der Waals surface area contributed by atoms with Crippen LogP contribution in [0.3, 0.4) is 0 Å². The smallest absolute Gasteiger partial charge is 0.259 e. The van der Waals surface area contributed by atoms with Crippen LogP contribution in [0.4, 0.5) is 0 Å². The number of nitrogens with one attached hydrogen (secondary N) is 2. The first-order chi connectivity index (χ1) is 12.8. The maximum Gasteiger partial charge on any atom is 0.259 e. The van der Waals surface area contributed by atoms with Crippen LogP contribution in [0.15, 0.2) is 4.79 Å². The minimum Gasteiger partial charge on any atom is -0.337 e. The van der Waals surface area contributed by atoms with Crippen molar-refractivity contribution >= 4 is 39.2 Å². The molecule has 1 fully saturated rings. The van der Waals surface area contributed by atoms with E-state index in [9.17, 15) is 14.9 Å². The van der Waals surface area contributed by atoms with Crippen LogP contribution in [0, 0.1) is 25.2 Å². The van der Waals surface area contributed by atoms with E-state index >= 15 is 0 Å². The maximum atomic E-state index is 12.6. The fourth-order valence-electron chi connectivity index (χ4n) is 3.40. The number of aryl methyl sites for hydroxylation is 2. The normalized spacial score (nSPS) is 17.4. The van der Waals surface area contributed by atoms with E-state index in [1.807, 2.05) is 20.8 Å². The molecule has 6 nitrogen and oxygen atoms in total. The Bertz CT molecular complexity index is 951. The Morgan fingerprint density at radius 2 is 2.11 bits per heavy atom. The van der Waals surface area contributed by atoms with Gasteiger partial charge in [-0.2, -0.15) is 5.26 Å². The molecule has 2 N–H and O–H groups in total. The summed E-state index contributed by atoms with van der Waals surface area (Å²) in [5.41, 5.74) is 0.131. The summed E-state index contributed by atoms with van der Waals surface area (Å²) < 4.78 is 0. The quantitative estimate of drug-likeness (QED) is 0.794. The lowest BCUT2D eigenvalue weighted by atomic mass is 9.83. The molecule has 1 aliphatic carbocycles. The lowest BCUT2D eigenvalue weighted by Crippen LogP contribution is -2.50. The minimum absolute atomic E-state index is 0.125. The average molecular weight is 405 g/mol. The lowest BCUT2D eigenvalue weighted by molar-refractivity contribution is -0.121. The second kappa shape index (κ2) is 8.03. The molecule has 1 amide bonds. The van der Waals surface area contributed by atoms with Crippen molar-refractivity contribution in [2.45, 2.75) is 69.4 Å². The standard InChI is InChI=1S/C19H24N4O2S2/c1-11-12(2)27-18-15(11)17(25)21-14(22-18)9-26-13(3)16(24)23-19(10-20)7-5-4-6-8-19/h13H,4-9H2,1-3H3,(H,23,24)(H,21,22,25)/t13-/m1/s1. The van der Waals surface area contributed by atoms with E-state index in [1.165, 1.54) is 23.1 Å². The van der Waals surface area contributed by atoms with Crippen LogP contribution in [0.5, 0.6) is 0 Å². The van der Waals surface area contributed by atoms with E-state index in [2.05, 4.69) is 21.4 Å². The third-order valence-corrected chi connectivity index (χ3v) is 7.47. The van der Waals surface area contributed by atoms with Crippen LogP contribution < -0.4 is 10.9 Å². The number of thiophene rings is 1. The first-order valence-electron chi connectivity index (χ1n) is 9.19. The predicted molar refractivity (Wildman–Crippen MR) is 110 cm³/mol. The molecule has 2 aromatic rings. The van der Waals surface area contributed by atoms with Crippen LogP contribution in [-0.4, -0.2) is 26.7 Å². The van der Waals surface area contributed by atoms with Crippen LogP contribution in [0.1, 0.15) is 55.3 Å². The minimum atomic E-state index is -0.721. The zero-order valence-electron chi connectivity index (χ0n) is 15.8. The second-order valence-corrected chi connectivity index (χ2v) is 9.71. The molecule has 3 rings (SSSR count). The number of aromatic nitrogens is 2. The van der Waals surface area contributed by atoms with Crippen LogP contribution in [0.25, 0.3) is 10.2 Å². The van der Waals surface area contributed by atoms with E-state index in [1.54, 1.807) is 0 Å². The summed E-state index contributed by atoms with van der Waals surface area (Å²) in [4.78, 5) is 34.1. The van der Waals surface area contributed by atoms with E-state index < -0.39 is 5.54 Å². The monoisotopic (exact) mass is 404 g/mol. The van der Waals surface area contributed by atoms with Gasteiger partial charge in [0.25, 0.3) is 5.56 Å². The highest BCUT2D eigenvalue weighted by atomic mass is 32.2. The number of hydrogen-bond acceptors (Lipinski definition) is 6. The Morgan fingerprint density at radius 3 is 2.78 bits per heavy atom. The lowest BCUT2D eigenvalue weighted by Gasteiger charge is -2.32. The number of aromatic amines is 1. The highest BCUT2D eigenvalue weighted by molar-refractivity contribution is 7.99. The third kappa shape index (κ3) is 4.19. The van der Waals surface area contributed by atoms with E-state index in [-0.39, 0.29) is 16.7 Å². The van der Waals surface area contributed by atoms with Crippen molar-refractivity contribution in [1.82, 2.24) is 15.3 Å². The van der Waals surface area contributed by atoms with Crippen molar-refractivity contribution in [3.63, 3.8) is 0 Å². The molecular formula is C19H24N4O2S2. The molecule has 0 spiro atoms. The van der Waals surface area contributed by atoms with Gasteiger partial charge in [0.15, 0.2) is 0 Å². The topological polar surface area (TPSA) is 98.6 Å². The molecular weight excluding hydrogens is 380 g/mol. The number of amides is 1. The summed E-state index contributed by atoms with van der Waals surface area (Å²) >= 11 is 2.93. The van der Waals surface area contributed by atoms with Gasteiger partial charge in [0.05, 0.1) is 22.5 Å². The molecule has 0 unspecified atom stereocenters. The van der Waals surface area contributed by atoms with Gasteiger partial charge in [-0.05, 0) is 39.2 Å². The van der Waals surface area contributed by atoms with Gasteiger partial charge in [-0.15, -0.1) is 23.1 Å². The number of rotatable bonds is 5. The molecule has 0 bridgehead atoms. The molecule has 1 atom stereocenters. The number of nitrogens with zero attached hydrogens (tertiary/aromatic N) is 2. The summed E-state index contributed by atoms with van der Waals surface area (Å²) in [7, 11) is 0. The first-order valence-corrected chi connectivity index (χ1v) is 11.1. The van der Waals surface area contributed by atoms with Crippen LogP contribution in [0.2, 0.25) is 0 Å². The fourth-order valence-corrected chi connectivity index (χ4v) is 5.21. The van der Waals surface area contributed by atoms with Gasteiger partial charge in [0.2, 0.25) is 5.91 Å². The van der Waals surface area contributed by atoms with Gasteiger partial charge in [-0.3, -0.25) is 9.59 Å². The van der Waals surface area contributed by atoms with Crippen molar-refractivity contribution in [1.29, 1.82) is 5.26 Å². The highest BCUT2D eigenvalue weighted by Gasteiger charge is 2.34. The number of carbonyl (C=O) groups excluding carboxylic acids is 1. The van der Waals surface area contributed by atoms with Gasteiger partial charge in [0, 0.05) is 4.88 Å². The maximum absolute atomic E-state index is 12.6. The molecule has 0 radical (unpaired) electrons. The van der Waals surface area contributed by atoms with Crippen molar-refractivity contribution in [3.8, 4) is 6.07 Å². The highest BCUT2D eigenvalue weighted by Crippen LogP contribution is 2.29. The molecule has 0 saturated heterocycles. The Kier molecular flexibility index (Phi) is 5.92. The Labute approximate surface area is 166 Å². The molecule has 27 heavy (non-hydrogen) atoms. The Morgan fingerprint density at radius 1 is 1.41 bits per heavy atom. The second-order valence-electron chi connectivity index (χ2n) is 7.17. The van der Waals surface area contributed by atoms with Crippen molar-refractivity contribution in [2.75, 3.05) is 0 Å². The number of carbonyl (C=O) groups is 1. The van der Waals surface area contributed by atoms with Crippen LogP contribution in [-0.2, 0) is 10.5 Å². The molecule has 1 aliphatic rings. The number of fused-ring (bicyclic) bond motifs is 1.